The molecule has 0 N–H and O–H groups in total. The van der Waals surface area contributed by atoms with Gasteiger partial charge in [0.25, 0.3) is 0 Å². The molecule has 0 spiro atoms. The first-order chi connectivity index (χ1) is 11.9. The molecule has 0 fully saturated rings. The lowest BCUT2D eigenvalue weighted by molar-refractivity contribution is -0.0464. The van der Waals surface area contributed by atoms with E-state index < -0.39 is 35.1 Å². The van der Waals surface area contributed by atoms with Crippen molar-refractivity contribution in [2.24, 2.45) is 0 Å². The second-order valence-corrected chi connectivity index (χ2v) is 9.97. The largest absolute Gasteiger partial charge is 0.442 e. The van der Waals surface area contributed by atoms with Gasteiger partial charge in [0.15, 0.2) is 4.32 Å². The minimum atomic E-state index is -1.11. The molecule has 0 heterocycles. The predicted molar refractivity (Wildman–Crippen MR) is 108 cm³/mol. The Labute approximate surface area is 170 Å². The Kier molecular flexibility index (Phi) is 8.57. The molecule has 0 radical (unpaired) electrons. The zero-order valence-electron chi connectivity index (χ0n) is 17.7. The number of nitrogens with zero attached hydrogens (tertiary/aromatic N) is 2. The van der Waals surface area contributed by atoms with Gasteiger partial charge in [-0.15, -0.1) is 5.01 Å². The van der Waals surface area contributed by atoms with Crippen LogP contribution in [0.5, 0.6) is 0 Å². The van der Waals surface area contributed by atoms with Crippen molar-refractivity contribution in [2.45, 2.75) is 79.1 Å². The number of ether oxygens (including phenoxy) is 3. The van der Waals surface area contributed by atoms with E-state index in [0.29, 0.717) is 10.0 Å². The number of hydrazine groups is 1. The number of carbonyl (C=O) groups excluding carboxylic acids is 3. The van der Waals surface area contributed by atoms with Gasteiger partial charge in [0.05, 0.1) is 0 Å². The van der Waals surface area contributed by atoms with E-state index in [9.17, 15) is 14.4 Å². The molecular formula is C17H30N2O6S2. The summed E-state index contributed by atoms with van der Waals surface area (Å²) in [5.74, 6) is 0. The number of thioether (sulfide) groups is 1. The Hall–Kier alpha value is -1.55. The third-order valence-corrected chi connectivity index (χ3v) is 3.44. The number of rotatable bonds is 0. The number of imide groups is 1. The summed E-state index contributed by atoms with van der Waals surface area (Å²) >= 11 is 6.16. The fourth-order valence-electron chi connectivity index (χ4n) is 1.48. The van der Waals surface area contributed by atoms with Crippen molar-refractivity contribution in [3.63, 3.8) is 0 Å². The number of hydrogen-bond donors (Lipinski definition) is 0. The van der Waals surface area contributed by atoms with Gasteiger partial charge in [-0.05, 0) is 68.6 Å². The zero-order chi connectivity index (χ0) is 21.8. The van der Waals surface area contributed by atoms with E-state index in [2.05, 4.69) is 0 Å². The van der Waals surface area contributed by atoms with Crippen molar-refractivity contribution in [1.82, 2.24) is 10.0 Å². The molecule has 0 aliphatic heterocycles. The van der Waals surface area contributed by atoms with Gasteiger partial charge in [0.2, 0.25) is 0 Å². The number of hydrogen-bond acceptors (Lipinski definition) is 8. The van der Waals surface area contributed by atoms with Crippen molar-refractivity contribution in [1.29, 1.82) is 0 Å². The van der Waals surface area contributed by atoms with Crippen molar-refractivity contribution in [3.8, 4) is 0 Å². The average Bonchev–Trinajstić information content (AvgIpc) is 2.37. The lowest BCUT2D eigenvalue weighted by Gasteiger charge is -2.35. The Balaban J connectivity index is 6.11. The molecule has 0 aromatic carbocycles. The Bertz CT molecular complexity index is 560. The summed E-state index contributed by atoms with van der Waals surface area (Å²) in [5, 5.41) is 1.07. The van der Waals surface area contributed by atoms with Gasteiger partial charge in [-0.3, -0.25) is 0 Å². The lowest BCUT2D eigenvalue weighted by atomic mass is 10.2. The minimum absolute atomic E-state index is 0.0824. The summed E-state index contributed by atoms with van der Waals surface area (Å²) in [6.07, 6.45) is -1.63. The third-order valence-electron chi connectivity index (χ3n) is 2.25. The van der Waals surface area contributed by atoms with Gasteiger partial charge < -0.3 is 14.2 Å². The molecule has 8 nitrogen and oxygen atoms in total. The Morgan fingerprint density at radius 3 is 1.15 bits per heavy atom. The molecule has 0 saturated carbocycles. The van der Waals surface area contributed by atoms with E-state index in [1.165, 1.54) is 0 Å². The van der Waals surface area contributed by atoms with E-state index in [-0.39, 0.29) is 4.32 Å². The molecule has 10 heteroatoms. The fraction of sp³-hybridized carbons (Fsp3) is 0.765. The maximum Gasteiger partial charge on any atom is 0.440 e. The van der Waals surface area contributed by atoms with Crippen molar-refractivity contribution in [3.05, 3.63) is 0 Å². The minimum Gasteiger partial charge on any atom is -0.442 e. The highest BCUT2D eigenvalue weighted by Gasteiger charge is 2.42. The van der Waals surface area contributed by atoms with E-state index in [1.54, 1.807) is 68.6 Å². The van der Waals surface area contributed by atoms with Crippen LogP contribution >= 0.6 is 24.0 Å². The van der Waals surface area contributed by atoms with Crippen molar-refractivity contribution < 1.29 is 28.6 Å². The number of amides is 3. The average molecular weight is 423 g/mol. The van der Waals surface area contributed by atoms with E-state index in [1.807, 2.05) is 0 Å². The van der Waals surface area contributed by atoms with Crippen molar-refractivity contribution >= 4 is 46.6 Å². The van der Waals surface area contributed by atoms with E-state index in [0.717, 1.165) is 11.8 Å². The highest BCUT2D eigenvalue weighted by Crippen LogP contribution is 2.21. The highest BCUT2D eigenvalue weighted by atomic mass is 32.2. The first-order valence-corrected chi connectivity index (χ1v) is 9.88. The summed E-state index contributed by atoms with van der Waals surface area (Å²) < 4.78 is 15.7. The predicted octanol–water partition coefficient (Wildman–Crippen LogP) is 4.96. The molecule has 0 rings (SSSR count). The van der Waals surface area contributed by atoms with Gasteiger partial charge in [0, 0.05) is 0 Å². The second-order valence-electron chi connectivity index (χ2n) is 8.53. The summed E-state index contributed by atoms with van der Waals surface area (Å²) in [5.41, 5.74) is -2.72. The maximum atomic E-state index is 12.7. The standard InChI is InChI=1S/C17H30N2O6S2/c1-15(2,3)23-11(20)18(12(21)24-16(4,5)6)19(14(26)27-10)13(22)25-17(7,8)9/h1-10H3. The monoisotopic (exact) mass is 422 g/mol. The normalized spacial score (nSPS) is 12.1. The summed E-state index contributed by atoms with van der Waals surface area (Å²) in [7, 11) is 0. The van der Waals surface area contributed by atoms with Crippen LogP contribution in [0.15, 0.2) is 0 Å². The van der Waals surface area contributed by atoms with Gasteiger partial charge in [0.1, 0.15) is 16.8 Å². The molecule has 27 heavy (non-hydrogen) atoms. The first-order valence-electron chi connectivity index (χ1n) is 8.25. The van der Waals surface area contributed by atoms with Crippen LogP contribution < -0.4 is 0 Å². The summed E-state index contributed by atoms with van der Waals surface area (Å²) in [6, 6.07) is 0. The molecule has 156 valence electrons. The van der Waals surface area contributed by atoms with Crippen LogP contribution in [0.3, 0.4) is 0 Å². The second kappa shape index (κ2) is 9.09. The van der Waals surface area contributed by atoms with Crippen LogP contribution in [0.1, 0.15) is 62.3 Å². The Morgan fingerprint density at radius 1 is 0.667 bits per heavy atom. The molecule has 0 aromatic rings. The van der Waals surface area contributed by atoms with Crippen LogP contribution in [0.25, 0.3) is 0 Å². The SMILES string of the molecule is CSC(=S)N(C(=O)OC(C)(C)C)N(C(=O)OC(C)(C)C)C(=O)OC(C)(C)C. The van der Waals surface area contributed by atoms with E-state index >= 15 is 0 Å². The zero-order valence-corrected chi connectivity index (χ0v) is 19.3. The molecule has 0 aromatic heterocycles. The highest BCUT2D eigenvalue weighted by molar-refractivity contribution is 8.22. The fourth-order valence-corrected chi connectivity index (χ4v) is 1.96. The van der Waals surface area contributed by atoms with Crippen molar-refractivity contribution in [2.75, 3.05) is 6.26 Å². The van der Waals surface area contributed by atoms with Crippen LogP contribution in [-0.4, -0.2) is 55.7 Å². The maximum absolute atomic E-state index is 12.7. The van der Waals surface area contributed by atoms with Gasteiger partial charge >= 0.3 is 18.3 Å². The van der Waals surface area contributed by atoms with Crippen LogP contribution in [-0.2, 0) is 14.2 Å². The topological polar surface area (TPSA) is 85.4 Å². The molecule has 0 aliphatic rings. The smallest absolute Gasteiger partial charge is 0.440 e. The lowest BCUT2D eigenvalue weighted by Crippen LogP contribution is -2.57. The Morgan fingerprint density at radius 2 is 0.926 bits per heavy atom. The molecule has 0 unspecified atom stereocenters. The molecule has 0 bridgehead atoms. The number of thiocarbonyl (C=S) groups is 1. The first kappa shape index (κ1) is 25.4. The molecule has 3 amide bonds. The molecule has 0 atom stereocenters. The van der Waals surface area contributed by atoms with Gasteiger partial charge in [-0.1, -0.05) is 24.0 Å². The van der Waals surface area contributed by atoms with Gasteiger partial charge in [-0.2, -0.15) is 5.01 Å². The summed E-state index contributed by atoms with van der Waals surface area (Å²) in [6.45, 7) is 14.7. The molecule has 0 aliphatic carbocycles. The summed E-state index contributed by atoms with van der Waals surface area (Å²) in [4.78, 5) is 38.1. The quantitative estimate of drug-likeness (QED) is 0.308. The van der Waals surface area contributed by atoms with E-state index in [4.69, 9.17) is 26.4 Å². The van der Waals surface area contributed by atoms with Crippen LogP contribution in [0.2, 0.25) is 0 Å². The van der Waals surface area contributed by atoms with Crippen LogP contribution in [0.4, 0.5) is 14.4 Å². The third kappa shape index (κ3) is 9.81. The molecule has 0 saturated heterocycles. The number of carbonyl (C=O) groups is 3. The van der Waals surface area contributed by atoms with Crippen LogP contribution in [0, 0.1) is 0 Å². The molecular weight excluding hydrogens is 392 g/mol. The van der Waals surface area contributed by atoms with Gasteiger partial charge in [-0.25, -0.2) is 14.4 Å².